The average molecular weight is 274 g/mol. The lowest BCUT2D eigenvalue weighted by atomic mass is 10.0. The fraction of sp³-hybridized carbons (Fsp3) is 0.438. The van der Waals surface area contributed by atoms with Crippen molar-refractivity contribution in [3.63, 3.8) is 0 Å². The molecule has 4 nitrogen and oxygen atoms in total. The number of aliphatic hydroxyl groups excluding tert-OH is 1. The van der Waals surface area contributed by atoms with Crippen molar-refractivity contribution in [2.24, 2.45) is 0 Å². The second-order valence-electron chi connectivity index (χ2n) is 5.02. The van der Waals surface area contributed by atoms with E-state index in [0.717, 1.165) is 17.7 Å². The predicted octanol–water partition coefficient (Wildman–Crippen LogP) is 0.972. The monoisotopic (exact) mass is 274 g/mol. The largest absolute Gasteiger partial charge is 0.384 e. The van der Waals surface area contributed by atoms with Crippen molar-refractivity contribution in [3.8, 4) is 11.8 Å². The van der Waals surface area contributed by atoms with E-state index in [1.807, 2.05) is 38.1 Å². The highest BCUT2D eigenvalue weighted by Crippen LogP contribution is 2.13. The quantitative estimate of drug-likeness (QED) is 0.832. The molecule has 1 amide bonds. The first kappa shape index (κ1) is 16.2. The lowest BCUT2D eigenvalue weighted by molar-refractivity contribution is 0.0785. The molecule has 0 aromatic heterocycles. The van der Waals surface area contributed by atoms with Crippen LogP contribution in [-0.2, 0) is 0 Å². The maximum absolute atomic E-state index is 12.4. The zero-order valence-electron chi connectivity index (χ0n) is 12.6. The van der Waals surface area contributed by atoms with Gasteiger partial charge in [-0.1, -0.05) is 17.9 Å². The average Bonchev–Trinajstić information content (AvgIpc) is 2.43. The third-order valence-electron chi connectivity index (χ3n) is 3.01. The van der Waals surface area contributed by atoms with E-state index in [1.165, 1.54) is 0 Å². The molecule has 1 N–H and O–H groups in total. The van der Waals surface area contributed by atoms with Crippen molar-refractivity contribution in [1.29, 1.82) is 0 Å². The van der Waals surface area contributed by atoms with Crippen LogP contribution in [0.25, 0.3) is 0 Å². The number of carbonyl (C=O) groups excluding carboxylic acids is 1. The molecular weight excluding hydrogens is 252 g/mol. The molecular formula is C16H22N2O2. The Kier molecular flexibility index (Phi) is 6.23. The molecule has 0 aliphatic carbocycles. The smallest absolute Gasteiger partial charge is 0.253 e. The van der Waals surface area contributed by atoms with E-state index in [2.05, 4.69) is 11.8 Å². The summed E-state index contributed by atoms with van der Waals surface area (Å²) in [6.07, 6.45) is 0. The molecule has 0 spiro atoms. The molecule has 0 saturated carbocycles. The summed E-state index contributed by atoms with van der Waals surface area (Å²) in [5, 5.41) is 8.72. The zero-order chi connectivity index (χ0) is 15.1. The van der Waals surface area contributed by atoms with E-state index in [1.54, 1.807) is 18.0 Å². The van der Waals surface area contributed by atoms with Gasteiger partial charge in [-0.3, -0.25) is 4.79 Å². The van der Waals surface area contributed by atoms with E-state index in [0.29, 0.717) is 12.1 Å². The fourth-order valence-electron chi connectivity index (χ4n) is 1.73. The standard InChI is InChI=1S/C16H22N2O2/c1-13-7-8-14(6-5-11-19)12-15(13)16(20)18(4)10-9-17(2)3/h7-8,12,19H,9-11H2,1-4H3. The third kappa shape index (κ3) is 4.69. The minimum absolute atomic E-state index is 0.00278. The first-order valence-electron chi connectivity index (χ1n) is 6.56. The molecule has 4 heteroatoms. The summed E-state index contributed by atoms with van der Waals surface area (Å²) in [7, 11) is 5.76. The van der Waals surface area contributed by atoms with Crippen LogP contribution in [0, 0.1) is 18.8 Å². The van der Waals surface area contributed by atoms with Crippen LogP contribution in [0.1, 0.15) is 21.5 Å². The van der Waals surface area contributed by atoms with Crippen LogP contribution in [0.3, 0.4) is 0 Å². The number of nitrogens with zero attached hydrogens (tertiary/aromatic N) is 2. The van der Waals surface area contributed by atoms with Gasteiger partial charge in [-0.25, -0.2) is 0 Å². The Labute approximate surface area is 121 Å². The zero-order valence-corrected chi connectivity index (χ0v) is 12.6. The van der Waals surface area contributed by atoms with Crippen LogP contribution in [0.15, 0.2) is 18.2 Å². The minimum atomic E-state index is -0.181. The van der Waals surface area contributed by atoms with Gasteiger partial charge in [0.15, 0.2) is 0 Å². The summed E-state index contributed by atoms with van der Waals surface area (Å²) in [6.45, 7) is 3.24. The number of hydrogen-bond acceptors (Lipinski definition) is 3. The summed E-state index contributed by atoms with van der Waals surface area (Å²) in [6, 6.07) is 5.52. The normalized spacial score (nSPS) is 10.1. The van der Waals surface area contributed by atoms with Gasteiger partial charge in [-0.15, -0.1) is 0 Å². The van der Waals surface area contributed by atoms with E-state index < -0.39 is 0 Å². The van der Waals surface area contributed by atoms with E-state index in [4.69, 9.17) is 5.11 Å². The lowest BCUT2D eigenvalue weighted by Gasteiger charge is -2.20. The maximum Gasteiger partial charge on any atom is 0.253 e. The minimum Gasteiger partial charge on any atom is -0.384 e. The molecule has 0 aliphatic heterocycles. The molecule has 0 atom stereocenters. The molecule has 0 saturated heterocycles. The Morgan fingerprint density at radius 2 is 1.95 bits per heavy atom. The van der Waals surface area contributed by atoms with Crippen molar-refractivity contribution in [3.05, 3.63) is 34.9 Å². The molecule has 0 fully saturated rings. The van der Waals surface area contributed by atoms with Crippen molar-refractivity contribution < 1.29 is 9.90 Å². The lowest BCUT2D eigenvalue weighted by Crippen LogP contribution is -2.33. The van der Waals surface area contributed by atoms with Gasteiger partial charge in [0.25, 0.3) is 5.91 Å². The molecule has 20 heavy (non-hydrogen) atoms. The van der Waals surface area contributed by atoms with Gasteiger partial charge in [0.2, 0.25) is 0 Å². The number of hydrogen-bond donors (Lipinski definition) is 1. The molecule has 0 aliphatic rings. The highest BCUT2D eigenvalue weighted by molar-refractivity contribution is 5.95. The van der Waals surface area contributed by atoms with Crippen LogP contribution < -0.4 is 0 Å². The van der Waals surface area contributed by atoms with Gasteiger partial charge in [0.05, 0.1) is 0 Å². The summed E-state index contributed by atoms with van der Waals surface area (Å²) >= 11 is 0. The van der Waals surface area contributed by atoms with Crippen molar-refractivity contribution in [1.82, 2.24) is 9.80 Å². The van der Waals surface area contributed by atoms with Crippen LogP contribution in [-0.4, -0.2) is 61.7 Å². The number of rotatable bonds is 4. The SMILES string of the molecule is Cc1ccc(C#CCO)cc1C(=O)N(C)CCN(C)C. The Bertz CT molecular complexity index is 527. The second kappa shape index (κ2) is 7.68. The molecule has 0 radical (unpaired) electrons. The second-order valence-corrected chi connectivity index (χ2v) is 5.02. The topological polar surface area (TPSA) is 43.8 Å². The third-order valence-corrected chi connectivity index (χ3v) is 3.01. The van der Waals surface area contributed by atoms with E-state index >= 15 is 0 Å². The van der Waals surface area contributed by atoms with Gasteiger partial charge in [0.1, 0.15) is 6.61 Å². The highest BCUT2D eigenvalue weighted by atomic mass is 16.2. The Morgan fingerprint density at radius 3 is 2.55 bits per heavy atom. The first-order chi connectivity index (χ1) is 9.45. The molecule has 108 valence electrons. The van der Waals surface area contributed by atoms with E-state index in [-0.39, 0.29) is 12.5 Å². The van der Waals surface area contributed by atoms with Gasteiger partial charge in [-0.05, 0) is 38.7 Å². The van der Waals surface area contributed by atoms with E-state index in [9.17, 15) is 4.79 Å². The predicted molar refractivity (Wildman–Crippen MR) is 80.7 cm³/mol. The molecule has 0 bridgehead atoms. The summed E-state index contributed by atoms with van der Waals surface area (Å²) < 4.78 is 0. The Balaban J connectivity index is 2.91. The van der Waals surface area contributed by atoms with Crippen LogP contribution in [0.5, 0.6) is 0 Å². The first-order valence-corrected chi connectivity index (χ1v) is 6.56. The molecule has 0 unspecified atom stereocenters. The molecule has 1 aromatic carbocycles. The molecule has 0 heterocycles. The molecule has 1 aromatic rings. The van der Waals surface area contributed by atoms with Gasteiger partial charge >= 0.3 is 0 Å². The Hall–Kier alpha value is -1.83. The van der Waals surface area contributed by atoms with Crippen molar-refractivity contribution in [2.45, 2.75) is 6.92 Å². The summed E-state index contributed by atoms with van der Waals surface area (Å²) in [5.74, 6) is 5.42. The van der Waals surface area contributed by atoms with Gasteiger partial charge in [-0.2, -0.15) is 0 Å². The molecule has 1 rings (SSSR count). The number of amides is 1. The fourth-order valence-corrected chi connectivity index (χ4v) is 1.73. The number of likely N-dealkylation sites (N-methyl/N-ethyl adjacent to an activating group) is 2. The number of aryl methyl sites for hydroxylation is 1. The number of carbonyl (C=O) groups is 1. The van der Waals surface area contributed by atoms with Crippen molar-refractivity contribution >= 4 is 5.91 Å². The number of aliphatic hydroxyl groups is 1. The van der Waals surface area contributed by atoms with Crippen LogP contribution >= 0.6 is 0 Å². The summed E-state index contributed by atoms with van der Waals surface area (Å²) in [4.78, 5) is 16.2. The number of benzene rings is 1. The Morgan fingerprint density at radius 1 is 1.25 bits per heavy atom. The summed E-state index contributed by atoms with van der Waals surface area (Å²) in [5.41, 5.74) is 2.34. The van der Waals surface area contributed by atoms with Crippen LogP contribution in [0.2, 0.25) is 0 Å². The van der Waals surface area contributed by atoms with Crippen LogP contribution in [0.4, 0.5) is 0 Å². The van der Waals surface area contributed by atoms with Crippen molar-refractivity contribution in [2.75, 3.05) is 40.8 Å². The maximum atomic E-state index is 12.4. The van der Waals surface area contributed by atoms with Gasteiger partial charge < -0.3 is 14.9 Å². The highest BCUT2D eigenvalue weighted by Gasteiger charge is 2.14. The van der Waals surface area contributed by atoms with Gasteiger partial charge in [0, 0.05) is 31.3 Å².